The first-order valence-corrected chi connectivity index (χ1v) is 8.51. The predicted molar refractivity (Wildman–Crippen MR) is 95.1 cm³/mol. The van der Waals surface area contributed by atoms with Crippen LogP contribution in [0, 0.1) is 13.8 Å². The lowest BCUT2D eigenvalue weighted by Crippen LogP contribution is -2.10. The summed E-state index contributed by atoms with van der Waals surface area (Å²) in [5.74, 6) is 1.51. The first-order valence-electron chi connectivity index (χ1n) is 7.63. The summed E-state index contributed by atoms with van der Waals surface area (Å²) in [4.78, 5) is 13.3. The Kier molecular flexibility index (Phi) is 3.70. The summed E-state index contributed by atoms with van der Waals surface area (Å²) in [5, 5.41) is 10.8. The lowest BCUT2D eigenvalue weighted by Gasteiger charge is -2.11. The van der Waals surface area contributed by atoms with Crippen molar-refractivity contribution in [1.29, 1.82) is 0 Å². The van der Waals surface area contributed by atoms with Gasteiger partial charge in [0.25, 0.3) is 5.78 Å². The molecule has 0 radical (unpaired) electrons. The van der Waals surface area contributed by atoms with Gasteiger partial charge in [0.05, 0.1) is 12.2 Å². The standard InChI is InChI=1S/C17H16N6S/c1-11-12(2)21-17-19-10-20-23(17)15(11)18-8-14-9-24-16(22-14)13-6-4-3-5-7-13/h3-7,9-10,18H,8H2,1-2H3. The Morgan fingerprint density at radius 2 is 1.96 bits per heavy atom. The number of thiazole rings is 1. The second-order valence-corrected chi connectivity index (χ2v) is 6.36. The predicted octanol–water partition coefficient (Wildman–Crippen LogP) is 3.48. The molecule has 24 heavy (non-hydrogen) atoms. The highest BCUT2D eigenvalue weighted by Crippen LogP contribution is 2.24. The van der Waals surface area contributed by atoms with Crippen molar-refractivity contribution in [2.45, 2.75) is 20.4 Å². The fraction of sp³-hybridized carbons (Fsp3) is 0.176. The minimum absolute atomic E-state index is 0.601. The van der Waals surface area contributed by atoms with Gasteiger partial charge in [-0.1, -0.05) is 30.3 Å². The molecular formula is C17H16N6S. The zero-order valence-corrected chi connectivity index (χ0v) is 14.2. The molecule has 3 aromatic heterocycles. The SMILES string of the molecule is Cc1nc2ncnn2c(NCc2csc(-c3ccccc3)n2)c1C. The fourth-order valence-electron chi connectivity index (χ4n) is 2.52. The van der Waals surface area contributed by atoms with E-state index in [-0.39, 0.29) is 0 Å². The van der Waals surface area contributed by atoms with E-state index in [1.54, 1.807) is 15.9 Å². The Morgan fingerprint density at radius 3 is 2.79 bits per heavy atom. The number of aromatic nitrogens is 5. The molecule has 0 fully saturated rings. The molecule has 4 aromatic rings. The van der Waals surface area contributed by atoms with Crippen molar-refractivity contribution in [2.24, 2.45) is 0 Å². The Labute approximate surface area is 143 Å². The summed E-state index contributed by atoms with van der Waals surface area (Å²) in [5.41, 5.74) is 4.15. The summed E-state index contributed by atoms with van der Waals surface area (Å²) < 4.78 is 1.73. The number of rotatable bonds is 4. The smallest absolute Gasteiger partial charge is 0.254 e. The zero-order chi connectivity index (χ0) is 16.5. The van der Waals surface area contributed by atoms with E-state index in [2.05, 4.69) is 37.9 Å². The highest BCUT2D eigenvalue weighted by molar-refractivity contribution is 7.13. The maximum Gasteiger partial charge on any atom is 0.254 e. The van der Waals surface area contributed by atoms with Crippen LogP contribution >= 0.6 is 11.3 Å². The van der Waals surface area contributed by atoms with Crippen LogP contribution < -0.4 is 5.32 Å². The van der Waals surface area contributed by atoms with Gasteiger partial charge in [0, 0.05) is 22.2 Å². The van der Waals surface area contributed by atoms with Gasteiger partial charge in [0.2, 0.25) is 0 Å². The van der Waals surface area contributed by atoms with Crippen molar-refractivity contribution < 1.29 is 0 Å². The average Bonchev–Trinajstić information content (AvgIpc) is 3.25. The average molecular weight is 336 g/mol. The van der Waals surface area contributed by atoms with Crippen molar-refractivity contribution in [2.75, 3.05) is 5.32 Å². The van der Waals surface area contributed by atoms with Crippen molar-refractivity contribution >= 4 is 22.9 Å². The van der Waals surface area contributed by atoms with Crippen molar-refractivity contribution in [3.63, 3.8) is 0 Å². The molecular weight excluding hydrogens is 320 g/mol. The Hall–Kier alpha value is -2.80. The maximum absolute atomic E-state index is 4.71. The van der Waals surface area contributed by atoms with Gasteiger partial charge in [-0.05, 0) is 13.8 Å². The van der Waals surface area contributed by atoms with Crippen molar-refractivity contribution in [3.8, 4) is 10.6 Å². The van der Waals surface area contributed by atoms with Crippen LogP contribution in [-0.2, 0) is 6.54 Å². The number of hydrogen-bond donors (Lipinski definition) is 1. The van der Waals surface area contributed by atoms with Gasteiger partial charge in [0.15, 0.2) is 0 Å². The van der Waals surface area contributed by atoms with Gasteiger partial charge in [-0.3, -0.25) is 0 Å². The lowest BCUT2D eigenvalue weighted by atomic mass is 10.2. The molecule has 120 valence electrons. The van der Waals surface area contributed by atoms with Gasteiger partial charge in [0.1, 0.15) is 17.2 Å². The molecule has 1 aromatic carbocycles. The number of nitrogens with zero attached hydrogens (tertiary/aromatic N) is 5. The van der Waals surface area contributed by atoms with E-state index in [1.807, 2.05) is 32.0 Å². The van der Waals surface area contributed by atoms with Crippen LogP contribution in [0.3, 0.4) is 0 Å². The molecule has 1 N–H and O–H groups in total. The number of anilines is 1. The fourth-order valence-corrected chi connectivity index (χ4v) is 3.34. The number of benzene rings is 1. The first-order chi connectivity index (χ1) is 11.7. The van der Waals surface area contributed by atoms with Crippen LogP contribution in [-0.4, -0.2) is 24.6 Å². The molecule has 0 saturated carbocycles. The molecule has 0 saturated heterocycles. The van der Waals surface area contributed by atoms with Crippen LogP contribution in [0.5, 0.6) is 0 Å². The highest BCUT2D eigenvalue weighted by atomic mass is 32.1. The quantitative estimate of drug-likeness (QED) is 0.618. The summed E-state index contributed by atoms with van der Waals surface area (Å²) in [7, 11) is 0. The second kappa shape index (κ2) is 6.01. The van der Waals surface area contributed by atoms with E-state index in [0.29, 0.717) is 12.3 Å². The third kappa shape index (κ3) is 2.63. The molecule has 4 rings (SSSR count). The molecule has 0 spiro atoms. The minimum Gasteiger partial charge on any atom is -0.364 e. The summed E-state index contributed by atoms with van der Waals surface area (Å²) in [6.45, 7) is 4.64. The minimum atomic E-state index is 0.601. The number of hydrogen-bond acceptors (Lipinski definition) is 6. The third-order valence-corrected chi connectivity index (χ3v) is 4.86. The van der Waals surface area contributed by atoms with Gasteiger partial charge in [-0.2, -0.15) is 14.6 Å². The zero-order valence-electron chi connectivity index (χ0n) is 13.4. The molecule has 0 aliphatic rings. The van der Waals surface area contributed by atoms with Crippen LogP contribution in [0.1, 0.15) is 17.0 Å². The summed E-state index contributed by atoms with van der Waals surface area (Å²) in [6.07, 6.45) is 1.52. The molecule has 3 heterocycles. The number of nitrogens with one attached hydrogen (secondary N) is 1. The van der Waals surface area contributed by atoms with Crippen molar-refractivity contribution in [3.05, 3.63) is 59.0 Å². The van der Waals surface area contributed by atoms with E-state index in [0.717, 1.165) is 33.3 Å². The summed E-state index contributed by atoms with van der Waals surface area (Å²) in [6, 6.07) is 10.2. The Bertz CT molecular complexity index is 989. The third-order valence-electron chi connectivity index (χ3n) is 3.92. The Morgan fingerprint density at radius 1 is 1.12 bits per heavy atom. The topological polar surface area (TPSA) is 68.0 Å². The molecule has 6 nitrogen and oxygen atoms in total. The lowest BCUT2D eigenvalue weighted by molar-refractivity contribution is 0.898. The van der Waals surface area contributed by atoms with Gasteiger partial charge in [-0.15, -0.1) is 11.3 Å². The highest BCUT2D eigenvalue weighted by Gasteiger charge is 2.11. The molecule has 0 unspecified atom stereocenters. The van der Waals surface area contributed by atoms with Gasteiger partial charge < -0.3 is 5.32 Å². The van der Waals surface area contributed by atoms with E-state index in [1.165, 1.54) is 6.33 Å². The number of aryl methyl sites for hydroxylation is 1. The largest absolute Gasteiger partial charge is 0.364 e. The van der Waals surface area contributed by atoms with E-state index < -0.39 is 0 Å². The van der Waals surface area contributed by atoms with Gasteiger partial charge >= 0.3 is 0 Å². The molecule has 0 aliphatic carbocycles. The maximum atomic E-state index is 4.71. The molecule has 0 bridgehead atoms. The van der Waals surface area contributed by atoms with Crippen LogP contribution in [0.4, 0.5) is 5.82 Å². The Balaban J connectivity index is 1.59. The van der Waals surface area contributed by atoms with E-state index in [4.69, 9.17) is 4.98 Å². The molecule has 0 atom stereocenters. The van der Waals surface area contributed by atoms with Gasteiger partial charge in [-0.25, -0.2) is 9.97 Å². The molecule has 7 heteroatoms. The number of fused-ring (bicyclic) bond motifs is 1. The van der Waals surface area contributed by atoms with Crippen LogP contribution in [0.25, 0.3) is 16.3 Å². The van der Waals surface area contributed by atoms with Crippen LogP contribution in [0.2, 0.25) is 0 Å². The van der Waals surface area contributed by atoms with Crippen LogP contribution in [0.15, 0.2) is 42.0 Å². The molecule has 0 aliphatic heterocycles. The normalized spacial score (nSPS) is 11.1. The first kappa shape index (κ1) is 14.8. The summed E-state index contributed by atoms with van der Waals surface area (Å²) >= 11 is 1.65. The van der Waals surface area contributed by atoms with E-state index in [9.17, 15) is 0 Å². The second-order valence-electron chi connectivity index (χ2n) is 5.51. The monoisotopic (exact) mass is 336 g/mol. The van der Waals surface area contributed by atoms with Crippen molar-refractivity contribution in [1.82, 2.24) is 24.6 Å². The van der Waals surface area contributed by atoms with E-state index >= 15 is 0 Å². The molecule has 0 amide bonds.